The molecule has 1 N–H and O–H groups in total. The molecule has 0 unspecified atom stereocenters. The second kappa shape index (κ2) is 6.46. The summed E-state index contributed by atoms with van der Waals surface area (Å²) < 4.78 is 5.34. The molecule has 0 aliphatic carbocycles. The van der Waals surface area contributed by atoms with Crippen molar-refractivity contribution in [2.75, 3.05) is 13.2 Å². The number of phenols is 1. The lowest BCUT2D eigenvalue weighted by molar-refractivity contribution is 0.0727. The van der Waals surface area contributed by atoms with Crippen LogP contribution in [-0.2, 0) is 13.0 Å². The average molecular weight is 333 g/mol. The number of halogens is 1. The number of hydrogen-bond acceptors (Lipinski definition) is 4. The fourth-order valence-electron chi connectivity index (χ4n) is 2.67. The minimum Gasteiger partial charge on any atom is -0.508 e. The molecule has 6 heteroatoms. The second-order valence-electron chi connectivity index (χ2n) is 5.34. The highest BCUT2D eigenvalue weighted by molar-refractivity contribution is 6.33. The van der Waals surface area contributed by atoms with Gasteiger partial charge in [-0.05, 0) is 42.7 Å². The number of nitrogens with zero attached hydrogens (tertiary/aromatic N) is 2. The highest BCUT2D eigenvalue weighted by Crippen LogP contribution is 2.26. The molecule has 1 aliphatic rings. The van der Waals surface area contributed by atoms with Crippen molar-refractivity contribution in [2.24, 2.45) is 0 Å². The fourth-order valence-corrected chi connectivity index (χ4v) is 2.86. The lowest BCUT2D eigenvalue weighted by Crippen LogP contribution is -2.36. The number of ether oxygens (including phenoxy) is 1. The molecule has 0 atom stereocenters. The van der Waals surface area contributed by atoms with Crippen LogP contribution < -0.4 is 4.74 Å². The Labute approximate surface area is 139 Å². The van der Waals surface area contributed by atoms with Gasteiger partial charge < -0.3 is 14.7 Å². The predicted molar refractivity (Wildman–Crippen MR) is 87.0 cm³/mol. The van der Waals surface area contributed by atoms with Gasteiger partial charge >= 0.3 is 0 Å². The van der Waals surface area contributed by atoms with Crippen LogP contribution >= 0.6 is 11.6 Å². The quantitative estimate of drug-likeness (QED) is 0.938. The minimum absolute atomic E-state index is 0.196. The molecule has 23 heavy (non-hydrogen) atoms. The Hall–Kier alpha value is -2.27. The van der Waals surface area contributed by atoms with Gasteiger partial charge in [-0.15, -0.1) is 0 Å². The number of carbonyl (C=O) groups excluding carboxylic acids is 1. The Bertz CT molecular complexity index is 749. The van der Waals surface area contributed by atoms with E-state index in [0.717, 1.165) is 17.5 Å². The van der Waals surface area contributed by atoms with E-state index in [1.807, 2.05) is 13.0 Å². The summed E-state index contributed by atoms with van der Waals surface area (Å²) in [4.78, 5) is 18.6. The van der Waals surface area contributed by atoms with Gasteiger partial charge in [0.15, 0.2) is 5.69 Å². The van der Waals surface area contributed by atoms with E-state index >= 15 is 0 Å². The summed E-state index contributed by atoms with van der Waals surface area (Å²) in [6.45, 7) is 3.34. The second-order valence-corrected chi connectivity index (χ2v) is 5.75. The van der Waals surface area contributed by atoms with Crippen molar-refractivity contribution in [3.05, 3.63) is 52.2 Å². The Morgan fingerprint density at radius 2 is 2.17 bits per heavy atom. The molecule has 0 bridgehead atoms. The minimum atomic E-state index is -0.231. The molecule has 1 amide bonds. The number of amides is 1. The van der Waals surface area contributed by atoms with Crippen LogP contribution in [0.3, 0.4) is 0 Å². The molecule has 0 radical (unpaired) electrons. The molecule has 2 heterocycles. The third kappa shape index (κ3) is 3.24. The van der Waals surface area contributed by atoms with Gasteiger partial charge in [0.25, 0.3) is 5.91 Å². The summed E-state index contributed by atoms with van der Waals surface area (Å²) in [6.07, 6.45) is 0.740. The first kappa shape index (κ1) is 15.6. The largest absolute Gasteiger partial charge is 0.508 e. The number of fused-ring (bicyclic) bond motifs is 1. The lowest BCUT2D eigenvalue weighted by atomic mass is 9.99. The molecular weight excluding hydrogens is 316 g/mol. The molecule has 120 valence electrons. The van der Waals surface area contributed by atoms with Gasteiger partial charge in [-0.25, -0.2) is 4.98 Å². The lowest BCUT2D eigenvalue weighted by Gasteiger charge is -2.29. The first-order chi connectivity index (χ1) is 11.1. The van der Waals surface area contributed by atoms with E-state index in [2.05, 4.69) is 4.98 Å². The smallest absolute Gasteiger partial charge is 0.274 e. The van der Waals surface area contributed by atoms with Crippen LogP contribution in [0.25, 0.3) is 0 Å². The van der Waals surface area contributed by atoms with Gasteiger partial charge in [-0.3, -0.25) is 4.79 Å². The number of hydrogen-bond donors (Lipinski definition) is 1. The number of pyridine rings is 1. The van der Waals surface area contributed by atoms with Gasteiger partial charge in [-0.2, -0.15) is 0 Å². The maximum atomic E-state index is 12.7. The van der Waals surface area contributed by atoms with Crippen molar-refractivity contribution >= 4 is 17.5 Å². The van der Waals surface area contributed by atoms with Crippen molar-refractivity contribution in [1.82, 2.24) is 9.88 Å². The summed E-state index contributed by atoms with van der Waals surface area (Å²) >= 11 is 6.13. The van der Waals surface area contributed by atoms with Crippen LogP contribution in [-0.4, -0.2) is 34.0 Å². The van der Waals surface area contributed by atoms with Crippen LogP contribution in [0.1, 0.15) is 28.5 Å². The van der Waals surface area contributed by atoms with Crippen molar-refractivity contribution in [3.8, 4) is 11.6 Å². The van der Waals surface area contributed by atoms with E-state index in [9.17, 15) is 9.90 Å². The van der Waals surface area contributed by atoms with Crippen LogP contribution in [0.15, 0.2) is 30.3 Å². The van der Waals surface area contributed by atoms with E-state index in [4.69, 9.17) is 16.3 Å². The Morgan fingerprint density at radius 1 is 1.35 bits per heavy atom. The number of benzene rings is 1. The Kier molecular flexibility index (Phi) is 4.39. The summed E-state index contributed by atoms with van der Waals surface area (Å²) in [5, 5.41) is 9.92. The predicted octanol–water partition coefficient (Wildman–Crippen LogP) is 3.04. The molecule has 0 saturated carbocycles. The number of phenolic OH excluding ortho intramolecular Hbond substituents is 1. The summed E-state index contributed by atoms with van der Waals surface area (Å²) in [5.41, 5.74) is 2.29. The maximum Gasteiger partial charge on any atom is 0.274 e. The topological polar surface area (TPSA) is 62.7 Å². The molecule has 0 spiro atoms. The number of carbonyl (C=O) groups is 1. The van der Waals surface area contributed by atoms with Crippen molar-refractivity contribution < 1.29 is 14.6 Å². The fraction of sp³-hybridized carbons (Fsp3) is 0.294. The zero-order valence-electron chi connectivity index (χ0n) is 12.8. The first-order valence-corrected chi connectivity index (χ1v) is 7.85. The van der Waals surface area contributed by atoms with E-state index < -0.39 is 0 Å². The Balaban J connectivity index is 1.85. The van der Waals surface area contributed by atoms with Gasteiger partial charge in [-0.1, -0.05) is 17.7 Å². The zero-order valence-corrected chi connectivity index (χ0v) is 13.5. The SMILES string of the molecule is CCOc1ccc(Cl)c(C(=O)N2CCc3ccc(O)cc3C2)n1. The summed E-state index contributed by atoms with van der Waals surface area (Å²) in [5.74, 6) is 0.355. The van der Waals surface area contributed by atoms with E-state index in [0.29, 0.717) is 30.6 Å². The third-order valence-electron chi connectivity index (χ3n) is 3.80. The number of rotatable bonds is 3. The van der Waals surface area contributed by atoms with Crippen LogP contribution in [0.5, 0.6) is 11.6 Å². The molecule has 1 aliphatic heterocycles. The van der Waals surface area contributed by atoms with Crippen molar-refractivity contribution in [1.29, 1.82) is 0 Å². The van der Waals surface area contributed by atoms with Gasteiger partial charge in [0.2, 0.25) is 5.88 Å². The van der Waals surface area contributed by atoms with E-state index in [1.54, 1.807) is 29.2 Å². The summed E-state index contributed by atoms with van der Waals surface area (Å²) in [6, 6.07) is 8.52. The van der Waals surface area contributed by atoms with Gasteiger partial charge in [0.1, 0.15) is 5.75 Å². The molecule has 2 aromatic rings. The molecule has 1 aromatic carbocycles. The van der Waals surface area contributed by atoms with Crippen LogP contribution in [0.4, 0.5) is 0 Å². The molecule has 0 saturated heterocycles. The molecule has 0 fully saturated rings. The highest BCUT2D eigenvalue weighted by atomic mass is 35.5. The van der Waals surface area contributed by atoms with Gasteiger partial charge in [0.05, 0.1) is 11.6 Å². The van der Waals surface area contributed by atoms with Crippen LogP contribution in [0.2, 0.25) is 5.02 Å². The normalized spacial score (nSPS) is 13.6. The maximum absolute atomic E-state index is 12.7. The van der Waals surface area contributed by atoms with E-state index in [-0.39, 0.29) is 17.4 Å². The highest BCUT2D eigenvalue weighted by Gasteiger charge is 2.25. The Morgan fingerprint density at radius 3 is 2.96 bits per heavy atom. The summed E-state index contributed by atoms with van der Waals surface area (Å²) in [7, 11) is 0. The van der Waals surface area contributed by atoms with Crippen molar-refractivity contribution in [2.45, 2.75) is 19.9 Å². The first-order valence-electron chi connectivity index (χ1n) is 7.48. The van der Waals surface area contributed by atoms with E-state index in [1.165, 1.54) is 0 Å². The monoisotopic (exact) mass is 332 g/mol. The van der Waals surface area contributed by atoms with Crippen LogP contribution in [0, 0.1) is 0 Å². The third-order valence-corrected chi connectivity index (χ3v) is 4.11. The standard InChI is InChI=1S/C17H17ClN2O3/c1-2-23-15-6-5-14(18)16(19-15)17(22)20-8-7-11-3-4-13(21)9-12(11)10-20/h3-6,9,21H,2,7-8,10H2,1H3. The zero-order chi connectivity index (χ0) is 16.4. The number of aromatic nitrogens is 1. The molecule has 3 rings (SSSR count). The molecule has 1 aromatic heterocycles. The van der Waals surface area contributed by atoms with Gasteiger partial charge in [0, 0.05) is 19.2 Å². The molecule has 5 nitrogen and oxygen atoms in total. The molecular formula is C17H17ClN2O3. The van der Waals surface area contributed by atoms with Crippen molar-refractivity contribution in [3.63, 3.8) is 0 Å². The average Bonchev–Trinajstić information content (AvgIpc) is 2.55. The number of aromatic hydroxyl groups is 1.